The van der Waals surface area contributed by atoms with Crippen LogP contribution in [0.5, 0.6) is 0 Å². The average Bonchev–Trinajstić information content (AvgIpc) is 3.05. The van der Waals surface area contributed by atoms with E-state index in [-0.39, 0.29) is 11.5 Å². The van der Waals surface area contributed by atoms with E-state index in [4.69, 9.17) is 4.42 Å². The van der Waals surface area contributed by atoms with E-state index in [1.165, 1.54) is 31.2 Å². The molecule has 94 valence electrons. The maximum atomic E-state index is 13.5. The number of hydrogen-bond acceptors (Lipinski definition) is 3. The van der Waals surface area contributed by atoms with Gasteiger partial charge in [-0.15, -0.1) is 0 Å². The Morgan fingerprint density at radius 3 is 2.89 bits per heavy atom. The molecule has 18 heavy (non-hydrogen) atoms. The van der Waals surface area contributed by atoms with Crippen LogP contribution in [0.3, 0.4) is 0 Å². The van der Waals surface area contributed by atoms with Gasteiger partial charge in [-0.2, -0.15) is 0 Å². The van der Waals surface area contributed by atoms with Gasteiger partial charge in [0.05, 0.1) is 11.3 Å². The highest BCUT2D eigenvalue weighted by atomic mass is 19.1. The van der Waals surface area contributed by atoms with Gasteiger partial charge in [0.2, 0.25) is 5.89 Å². The molecule has 0 atom stereocenters. The largest absolute Gasteiger partial charge is 0.444 e. The summed E-state index contributed by atoms with van der Waals surface area (Å²) in [4.78, 5) is 4.18. The predicted octanol–water partition coefficient (Wildman–Crippen LogP) is 2.87. The van der Waals surface area contributed by atoms with Crippen molar-refractivity contribution in [3.8, 4) is 11.5 Å². The molecule has 3 nitrogen and oxygen atoms in total. The first kappa shape index (κ1) is 11.3. The summed E-state index contributed by atoms with van der Waals surface area (Å²) in [5.41, 5.74) is 0.898. The van der Waals surface area contributed by atoms with Crippen LogP contribution >= 0.6 is 0 Å². The standard InChI is InChI=1S/C13H12F2N2O/c14-8-1-4-11(12(15)5-8)13-17-10(7-18-13)6-16-9-2-3-9/h1,4-5,7,9,16H,2-3,6H2. The van der Waals surface area contributed by atoms with Crippen molar-refractivity contribution in [1.82, 2.24) is 10.3 Å². The molecule has 1 saturated carbocycles. The van der Waals surface area contributed by atoms with E-state index >= 15 is 0 Å². The van der Waals surface area contributed by atoms with Crippen molar-refractivity contribution >= 4 is 0 Å². The fourth-order valence-corrected chi connectivity index (χ4v) is 1.71. The summed E-state index contributed by atoms with van der Waals surface area (Å²) in [5, 5.41) is 3.29. The Kier molecular flexibility index (Phi) is 2.83. The molecule has 1 aliphatic carbocycles. The van der Waals surface area contributed by atoms with Crippen LogP contribution in [-0.4, -0.2) is 11.0 Å². The molecule has 1 aromatic carbocycles. The van der Waals surface area contributed by atoms with Crippen LogP contribution in [-0.2, 0) is 6.54 Å². The van der Waals surface area contributed by atoms with E-state index in [1.54, 1.807) is 0 Å². The minimum atomic E-state index is -0.668. The molecule has 1 fully saturated rings. The smallest absolute Gasteiger partial charge is 0.229 e. The molecule has 1 aliphatic rings. The lowest BCUT2D eigenvalue weighted by atomic mass is 10.2. The number of oxazole rings is 1. The van der Waals surface area contributed by atoms with Crippen LogP contribution in [0, 0.1) is 11.6 Å². The Morgan fingerprint density at radius 1 is 1.33 bits per heavy atom. The highest BCUT2D eigenvalue weighted by Gasteiger charge is 2.21. The van der Waals surface area contributed by atoms with E-state index in [0.29, 0.717) is 12.6 Å². The second-order valence-electron chi connectivity index (χ2n) is 4.42. The van der Waals surface area contributed by atoms with E-state index in [1.807, 2.05) is 0 Å². The Labute approximate surface area is 103 Å². The number of nitrogens with zero attached hydrogens (tertiary/aromatic N) is 1. The minimum absolute atomic E-state index is 0.175. The Balaban J connectivity index is 1.78. The molecule has 3 rings (SSSR count). The molecule has 2 aromatic rings. The number of benzene rings is 1. The number of hydrogen-bond donors (Lipinski definition) is 1. The third-order valence-corrected chi connectivity index (χ3v) is 2.86. The van der Waals surface area contributed by atoms with Crippen molar-refractivity contribution in [3.05, 3.63) is 41.8 Å². The molecule has 0 amide bonds. The van der Waals surface area contributed by atoms with Crippen LogP contribution in [0.2, 0.25) is 0 Å². The maximum Gasteiger partial charge on any atom is 0.229 e. The van der Waals surface area contributed by atoms with Gasteiger partial charge < -0.3 is 9.73 Å². The van der Waals surface area contributed by atoms with E-state index in [0.717, 1.165) is 11.8 Å². The number of nitrogens with one attached hydrogen (secondary N) is 1. The molecular formula is C13H12F2N2O. The lowest BCUT2D eigenvalue weighted by Gasteiger charge is -1.98. The molecule has 5 heteroatoms. The van der Waals surface area contributed by atoms with Gasteiger partial charge in [0.1, 0.15) is 17.9 Å². The predicted molar refractivity (Wildman–Crippen MR) is 61.7 cm³/mol. The fourth-order valence-electron chi connectivity index (χ4n) is 1.71. The zero-order valence-electron chi connectivity index (χ0n) is 9.62. The van der Waals surface area contributed by atoms with E-state index < -0.39 is 11.6 Å². The van der Waals surface area contributed by atoms with Gasteiger partial charge in [-0.1, -0.05) is 0 Å². The van der Waals surface area contributed by atoms with Crippen molar-refractivity contribution in [2.45, 2.75) is 25.4 Å². The Morgan fingerprint density at radius 2 is 2.17 bits per heavy atom. The van der Waals surface area contributed by atoms with E-state index in [2.05, 4.69) is 10.3 Å². The highest BCUT2D eigenvalue weighted by molar-refractivity contribution is 5.54. The quantitative estimate of drug-likeness (QED) is 0.906. The summed E-state index contributed by atoms with van der Waals surface area (Å²) in [6, 6.07) is 3.91. The van der Waals surface area contributed by atoms with Gasteiger partial charge in [-0.25, -0.2) is 13.8 Å². The van der Waals surface area contributed by atoms with Crippen molar-refractivity contribution in [2.24, 2.45) is 0 Å². The van der Waals surface area contributed by atoms with Crippen LogP contribution in [0.15, 0.2) is 28.9 Å². The summed E-state index contributed by atoms with van der Waals surface area (Å²) < 4.78 is 31.5. The molecule has 1 aromatic heterocycles. The molecule has 0 spiro atoms. The average molecular weight is 250 g/mol. The molecular weight excluding hydrogens is 238 g/mol. The van der Waals surface area contributed by atoms with Crippen LogP contribution < -0.4 is 5.32 Å². The van der Waals surface area contributed by atoms with Gasteiger partial charge in [0, 0.05) is 18.7 Å². The fraction of sp³-hybridized carbons (Fsp3) is 0.308. The summed E-state index contributed by atoms with van der Waals surface area (Å²) in [6.45, 7) is 0.608. The van der Waals surface area contributed by atoms with E-state index in [9.17, 15) is 8.78 Å². The van der Waals surface area contributed by atoms with Crippen LogP contribution in [0.25, 0.3) is 11.5 Å². The zero-order chi connectivity index (χ0) is 12.5. The normalized spacial score (nSPS) is 15.0. The summed E-state index contributed by atoms with van der Waals surface area (Å²) in [5.74, 6) is -1.10. The summed E-state index contributed by atoms with van der Waals surface area (Å²) in [6.07, 6.45) is 3.88. The van der Waals surface area contributed by atoms with Gasteiger partial charge in [-0.3, -0.25) is 0 Å². The minimum Gasteiger partial charge on any atom is -0.444 e. The lowest BCUT2D eigenvalue weighted by Crippen LogP contribution is -2.15. The number of aromatic nitrogens is 1. The van der Waals surface area contributed by atoms with Crippen molar-refractivity contribution in [2.75, 3.05) is 0 Å². The molecule has 0 bridgehead atoms. The van der Waals surface area contributed by atoms with Gasteiger partial charge in [-0.05, 0) is 25.0 Å². The first-order chi connectivity index (χ1) is 8.72. The number of rotatable bonds is 4. The maximum absolute atomic E-state index is 13.5. The zero-order valence-corrected chi connectivity index (χ0v) is 9.62. The third kappa shape index (κ3) is 2.41. The van der Waals surface area contributed by atoms with Gasteiger partial charge >= 0.3 is 0 Å². The van der Waals surface area contributed by atoms with Crippen molar-refractivity contribution in [1.29, 1.82) is 0 Å². The first-order valence-electron chi connectivity index (χ1n) is 5.85. The number of halogens is 2. The van der Waals surface area contributed by atoms with Gasteiger partial charge in [0.25, 0.3) is 0 Å². The molecule has 0 unspecified atom stereocenters. The molecule has 0 aliphatic heterocycles. The monoisotopic (exact) mass is 250 g/mol. The van der Waals surface area contributed by atoms with Crippen molar-refractivity contribution in [3.63, 3.8) is 0 Å². The van der Waals surface area contributed by atoms with Gasteiger partial charge in [0.15, 0.2) is 0 Å². The summed E-state index contributed by atoms with van der Waals surface area (Å²) >= 11 is 0. The summed E-state index contributed by atoms with van der Waals surface area (Å²) in [7, 11) is 0. The topological polar surface area (TPSA) is 38.1 Å². The molecule has 1 N–H and O–H groups in total. The van der Waals surface area contributed by atoms with Crippen LogP contribution in [0.4, 0.5) is 8.78 Å². The van der Waals surface area contributed by atoms with Crippen LogP contribution in [0.1, 0.15) is 18.5 Å². The lowest BCUT2D eigenvalue weighted by molar-refractivity contribution is 0.552. The first-order valence-corrected chi connectivity index (χ1v) is 5.85. The third-order valence-electron chi connectivity index (χ3n) is 2.86. The molecule has 0 saturated heterocycles. The highest BCUT2D eigenvalue weighted by Crippen LogP contribution is 2.23. The van der Waals surface area contributed by atoms with Crippen molar-refractivity contribution < 1.29 is 13.2 Å². The Bertz CT molecular complexity index is 564. The second kappa shape index (κ2) is 4.49. The Hall–Kier alpha value is -1.75. The molecule has 1 heterocycles. The second-order valence-corrected chi connectivity index (χ2v) is 4.42. The SMILES string of the molecule is Fc1ccc(-c2nc(CNC3CC3)co2)c(F)c1. The molecule has 0 radical (unpaired) electrons.